The van der Waals surface area contributed by atoms with Crippen molar-refractivity contribution in [2.75, 3.05) is 19.7 Å². The van der Waals surface area contributed by atoms with Crippen LogP contribution in [0.5, 0.6) is 0 Å². The zero-order valence-corrected chi connectivity index (χ0v) is 9.18. The maximum Gasteiger partial charge on any atom is 0.356 e. The van der Waals surface area contributed by atoms with Crippen LogP contribution < -0.4 is 0 Å². The van der Waals surface area contributed by atoms with E-state index in [1.807, 2.05) is 0 Å². The minimum absolute atomic E-state index is 0.124. The summed E-state index contributed by atoms with van der Waals surface area (Å²) in [5.74, 6) is -0.965. The van der Waals surface area contributed by atoms with Gasteiger partial charge in [0.15, 0.2) is 5.69 Å². The second-order valence-electron chi connectivity index (χ2n) is 3.95. The van der Waals surface area contributed by atoms with Crippen molar-refractivity contribution in [3.8, 4) is 0 Å². The number of β-amino-alcohol motifs (C(OH)–C–C–N with tert-alkyl or cyclic N) is 1. The number of aromatic carboxylic acids is 1. The van der Waals surface area contributed by atoms with E-state index < -0.39 is 5.97 Å². The highest BCUT2D eigenvalue weighted by molar-refractivity contribution is 5.87. The van der Waals surface area contributed by atoms with Crippen molar-refractivity contribution in [3.05, 3.63) is 17.0 Å². The van der Waals surface area contributed by atoms with E-state index in [1.54, 1.807) is 11.7 Å². The highest BCUT2D eigenvalue weighted by Gasteiger charge is 2.26. The van der Waals surface area contributed by atoms with E-state index in [4.69, 9.17) is 10.2 Å². The van der Waals surface area contributed by atoms with Gasteiger partial charge in [-0.2, -0.15) is 5.10 Å². The molecule has 0 radical (unpaired) electrons. The van der Waals surface area contributed by atoms with Crippen molar-refractivity contribution in [1.82, 2.24) is 14.7 Å². The summed E-state index contributed by atoms with van der Waals surface area (Å²) in [6.07, 6.45) is 0.685. The average molecular weight is 225 g/mol. The summed E-state index contributed by atoms with van der Waals surface area (Å²) < 4.78 is 1.63. The molecule has 6 heteroatoms. The Kier molecular flexibility index (Phi) is 2.93. The molecule has 0 saturated carbocycles. The molecule has 1 aliphatic heterocycles. The summed E-state index contributed by atoms with van der Waals surface area (Å²) in [5, 5.41) is 21.9. The van der Waals surface area contributed by atoms with Gasteiger partial charge in [0.05, 0.1) is 12.3 Å². The third-order valence-corrected chi connectivity index (χ3v) is 2.95. The molecule has 0 aliphatic carbocycles. The third kappa shape index (κ3) is 1.81. The first-order valence-corrected chi connectivity index (χ1v) is 5.24. The maximum absolute atomic E-state index is 11.0. The first kappa shape index (κ1) is 11.1. The molecular weight excluding hydrogens is 210 g/mol. The average Bonchev–Trinajstić information content (AvgIpc) is 2.57. The Morgan fingerprint density at radius 2 is 2.31 bits per heavy atom. The van der Waals surface area contributed by atoms with E-state index in [0.717, 1.165) is 17.8 Å². The molecule has 2 heterocycles. The first-order chi connectivity index (χ1) is 7.63. The van der Waals surface area contributed by atoms with Gasteiger partial charge in [-0.25, -0.2) is 4.79 Å². The second-order valence-corrected chi connectivity index (χ2v) is 3.95. The monoisotopic (exact) mass is 225 g/mol. The predicted octanol–water partition coefficient (Wildman–Crippen LogP) is -0.531. The highest BCUT2D eigenvalue weighted by atomic mass is 16.4. The normalized spacial score (nSPS) is 16.1. The van der Waals surface area contributed by atoms with Gasteiger partial charge in [0.2, 0.25) is 0 Å². The number of aliphatic hydroxyl groups excluding tert-OH is 1. The third-order valence-electron chi connectivity index (χ3n) is 2.95. The van der Waals surface area contributed by atoms with E-state index in [9.17, 15) is 4.79 Å². The number of carbonyl (C=O) groups is 1. The van der Waals surface area contributed by atoms with Crippen molar-refractivity contribution in [3.63, 3.8) is 0 Å². The van der Waals surface area contributed by atoms with E-state index in [2.05, 4.69) is 10.00 Å². The Balaban J connectivity index is 2.29. The molecule has 0 atom stereocenters. The molecule has 88 valence electrons. The lowest BCUT2D eigenvalue weighted by molar-refractivity contribution is 0.0688. The lowest BCUT2D eigenvalue weighted by Gasteiger charge is -2.26. The van der Waals surface area contributed by atoms with E-state index in [0.29, 0.717) is 19.5 Å². The number of carboxylic acids is 1. The van der Waals surface area contributed by atoms with Crippen LogP contribution in [0.15, 0.2) is 0 Å². The molecule has 6 nitrogen and oxygen atoms in total. The lowest BCUT2D eigenvalue weighted by Crippen LogP contribution is -2.33. The van der Waals surface area contributed by atoms with Gasteiger partial charge in [-0.3, -0.25) is 9.58 Å². The number of fused-ring (bicyclic) bond motifs is 1. The molecule has 0 spiro atoms. The molecule has 1 aromatic heterocycles. The zero-order valence-electron chi connectivity index (χ0n) is 9.18. The van der Waals surface area contributed by atoms with Crippen LogP contribution in [-0.4, -0.2) is 50.6 Å². The number of hydrogen-bond donors (Lipinski definition) is 2. The van der Waals surface area contributed by atoms with Crippen LogP contribution in [0.2, 0.25) is 0 Å². The number of nitrogens with zero attached hydrogens (tertiary/aromatic N) is 3. The van der Waals surface area contributed by atoms with Crippen LogP contribution in [0.1, 0.15) is 21.7 Å². The van der Waals surface area contributed by atoms with Crippen molar-refractivity contribution in [2.45, 2.75) is 13.0 Å². The summed E-state index contributed by atoms with van der Waals surface area (Å²) in [6, 6.07) is 0. The summed E-state index contributed by atoms with van der Waals surface area (Å²) in [5.41, 5.74) is 1.95. The lowest BCUT2D eigenvalue weighted by atomic mass is 10.0. The van der Waals surface area contributed by atoms with Crippen LogP contribution in [-0.2, 0) is 20.0 Å². The number of rotatable bonds is 3. The molecule has 0 amide bonds. The minimum Gasteiger partial charge on any atom is -0.476 e. The standard InChI is InChI=1S/C10H15N3O3/c1-12-8-6-13(4-5-14)3-2-7(8)9(11-12)10(15)16/h14H,2-6H2,1H3,(H,15,16). The molecule has 16 heavy (non-hydrogen) atoms. The van der Waals surface area contributed by atoms with Crippen molar-refractivity contribution < 1.29 is 15.0 Å². The fourth-order valence-electron chi connectivity index (χ4n) is 2.13. The Morgan fingerprint density at radius 3 is 2.94 bits per heavy atom. The topological polar surface area (TPSA) is 78.6 Å². The van der Waals surface area contributed by atoms with Crippen molar-refractivity contribution >= 4 is 5.97 Å². The Bertz CT molecular complexity index is 414. The van der Waals surface area contributed by atoms with Crippen LogP contribution in [0, 0.1) is 0 Å². The quantitative estimate of drug-likeness (QED) is 0.723. The minimum atomic E-state index is -0.965. The van der Waals surface area contributed by atoms with Gasteiger partial charge in [0, 0.05) is 32.2 Å². The van der Waals surface area contributed by atoms with Gasteiger partial charge < -0.3 is 10.2 Å². The second kappa shape index (κ2) is 4.23. The SMILES string of the molecule is Cn1nc(C(=O)O)c2c1CN(CCO)CC2. The number of aryl methyl sites for hydroxylation is 1. The summed E-state index contributed by atoms with van der Waals surface area (Å²) in [6.45, 7) is 2.18. The van der Waals surface area contributed by atoms with Crippen molar-refractivity contribution in [1.29, 1.82) is 0 Å². The van der Waals surface area contributed by atoms with Gasteiger partial charge in [-0.1, -0.05) is 0 Å². The van der Waals surface area contributed by atoms with Crippen molar-refractivity contribution in [2.24, 2.45) is 7.05 Å². The maximum atomic E-state index is 11.0. The molecule has 0 fully saturated rings. The number of carboxylic acid groups (broad SMARTS) is 1. The summed E-state index contributed by atoms with van der Waals surface area (Å²) >= 11 is 0. The largest absolute Gasteiger partial charge is 0.476 e. The molecule has 0 aromatic carbocycles. The molecule has 0 bridgehead atoms. The molecule has 2 rings (SSSR count). The van der Waals surface area contributed by atoms with Gasteiger partial charge in [-0.15, -0.1) is 0 Å². The van der Waals surface area contributed by atoms with Crippen LogP contribution >= 0.6 is 0 Å². The Morgan fingerprint density at radius 1 is 1.56 bits per heavy atom. The summed E-state index contributed by atoms with van der Waals surface area (Å²) in [4.78, 5) is 13.1. The highest BCUT2D eigenvalue weighted by Crippen LogP contribution is 2.21. The van der Waals surface area contributed by atoms with Gasteiger partial charge >= 0.3 is 5.97 Å². The molecule has 2 N–H and O–H groups in total. The van der Waals surface area contributed by atoms with E-state index >= 15 is 0 Å². The van der Waals surface area contributed by atoms with Gasteiger partial charge in [0.1, 0.15) is 0 Å². The predicted molar refractivity (Wildman–Crippen MR) is 56.2 cm³/mol. The number of hydrogen-bond acceptors (Lipinski definition) is 4. The number of aliphatic hydroxyl groups is 1. The molecule has 0 saturated heterocycles. The van der Waals surface area contributed by atoms with E-state index in [-0.39, 0.29) is 12.3 Å². The fourth-order valence-corrected chi connectivity index (χ4v) is 2.13. The Hall–Kier alpha value is -1.40. The molecular formula is C10H15N3O3. The van der Waals surface area contributed by atoms with Gasteiger partial charge in [-0.05, 0) is 6.42 Å². The van der Waals surface area contributed by atoms with Crippen LogP contribution in [0.25, 0.3) is 0 Å². The zero-order chi connectivity index (χ0) is 11.7. The smallest absolute Gasteiger partial charge is 0.356 e. The number of aromatic nitrogens is 2. The van der Waals surface area contributed by atoms with Crippen LogP contribution in [0.4, 0.5) is 0 Å². The molecule has 1 aromatic rings. The Labute approximate surface area is 93.1 Å². The summed E-state index contributed by atoms with van der Waals surface area (Å²) in [7, 11) is 1.76. The van der Waals surface area contributed by atoms with Gasteiger partial charge in [0.25, 0.3) is 0 Å². The molecule has 1 aliphatic rings. The van der Waals surface area contributed by atoms with Crippen LogP contribution in [0.3, 0.4) is 0 Å². The molecule has 0 unspecified atom stereocenters. The fraction of sp³-hybridized carbons (Fsp3) is 0.600. The van der Waals surface area contributed by atoms with E-state index in [1.165, 1.54) is 0 Å². The first-order valence-electron chi connectivity index (χ1n) is 5.24.